The zero-order valence-corrected chi connectivity index (χ0v) is 13.3. The van der Waals surface area contributed by atoms with E-state index in [0.717, 1.165) is 28.8 Å². The summed E-state index contributed by atoms with van der Waals surface area (Å²) in [4.78, 5) is 0. The van der Waals surface area contributed by atoms with Gasteiger partial charge in [0.1, 0.15) is 5.75 Å². The van der Waals surface area contributed by atoms with E-state index in [9.17, 15) is 5.11 Å². The maximum Gasteiger partial charge on any atom is 0.125 e. The summed E-state index contributed by atoms with van der Waals surface area (Å²) in [6.07, 6.45) is 0.914. The van der Waals surface area contributed by atoms with E-state index < -0.39 is 11.7 Å². The molecule has 1 aromatic carbocycles. The second kappa shape index (κ2) is 5.81. The number of aliphatic hydroxyl groups excluding tert-OH is 1. The van der Waals surface area contributed by atoms with E-state index in [-0.39, 0.29) is 0 Å². The van der Waals surface area contributed by atoms with Crippen LogP contribution in [0.1, 0.15) is 31.9 Å². The van der Waals surface area contributed by atoms with Gasteiger partial charge >= 0.3 is 0 Å². The Morgan fingerprint density at radius 2 is 2.21 bits per heavy atom. The Bertz CT molecular complexity index is 457. The van der Waals surface area contributed by atoms with Gasteiger partial charge in [-0.25, -0.2) is 0 Å². The lowest BCUT2D eigenvalue weighted by atomic mass is 9.93. The van der Waals surface area contributed by atoms with Gasteiger partial charge in [-0.15, -0.1) is 0 Å². The van der Waals surface area contributed by atoms with Crippen molar-refractivity contribution in [2.45, 2.75) is 45.3 Å². The van der Waals surface area contributed by atoms with E-state index in [1.54, 1.807) is 0 Å². The molecular formula is C15H21BrO3. The number of hydrogen-bond donors (Lipinski definition) is 1. The maximum absolute atomic E-state index is 10.4. The first-order valence-corrected chi connectivity index (χ1v) is 7.49. The third-order valence-corrected chi connectivity index (χ3v) is 4.02. The van der Waals surface area contributed by atoms with Crippen LogP contribution < -0.4 is 4.74 Å². The van der Waals surface area contributed by atoms with Gasteiger partial charge in [0.25, 0.3) is 0 Å². The highest BCUT2D eigenvalue weighted by atomic mass is 79.9. The predicted molar refractivity (Wildman–Crippen MR) is 78.8 cm³/mol. The average Bonchev–Trinajstić information content (AvgIpc) is 2.76. The maximum atomic E-state index is 10.4. The van der Waals surface area contributed by atoms with Crippen LogP contribution in [0.25, 0.3) is 0 Å². The molecule has 0 saturated carbocycles. The second-order valence-corrected chi connectivity index (χ2v) is 6.32. The predicted octanol–water partition coefficient (Wildman–Crippen LogP) is 3.10. The summed E-state index contributed by atoms with van der Waals surface area (Å²) < 4.78 is 12.3. The van der Waals surface area contributed by atoms with Crippen molar-refractivity contribution < 1.29 is 14.6 Å². The number of benzene rings is 1. The molecule has 1 unspecified atom stereocenters. The summed E-state index contributed by atoms with van der Waals surface area (Å²) in [6.45, 7) is 7.09. The molecule has 1 aromatic rings. The fourth-order valence-corrected chi connectivity index (χ4v) is 2.97. The molecule has 0 fully saturated rings. The van der Waals surface area contributed by atoms with Crippen LogP contribution in [-0.2, 0) is 17.6 Å². The number of halogens is 1. The highest BCUT2D eigenvalue weighted by molar-refractivity contribution is 9.10. The fourth-order valence-electron chi connectivity index (χ4n) is 2.42. The third kappa shape index (κ3) is 3.30. The van der Waals surface area contributed by atoms with Gasteiger partial charge in [0, 0.05) is 23.9 Å². The summed E-state index contributed by atoms with van der Waals surface area (Å²) in [5.41, 5.74) is 1.70. The molecule has 0 bridgehead atoms. The van der Waals surface area contributed by atoms with Crippen molar-refractivity contribution >= 4 is 15.9 Å². The molecule has 106 valence electrons. The molecule has 3 nitrogen and oxygen atoms in total. The highest BCUT2D eigenvalue weighted by Crippen LogP contribution is 2.34. The molecule has 1 heterocycles. The van der Waals surface area contributed by atoms with Crippen molar-refractivity contribution in [3.8, 4) is 5.75 Å². The lowest BCUT2D eigenvalue weighted by molar-refractivity contribution is -0.0956. The first kappa shape index (κ1) is 14.8. The Balaban J connectivity index is 2.20. The van der Waals surface area contributed by atoms with Crippen molar-refractivity contribution in [1.82, 2.24) is 0 Å². The van der Waals surface area contributed by atoms with Crippen LogP contribution in [0, 0.1) is 0 Å². The normalized spacial score (nSPS) is 16.1. The van der Waals surface area contributed by atoms with Crippen LogP contribution in [0.3, 0.4) is 0 Å². The van der Waals surface area contributed by atoms with E-state index >= 15 is 0 Å². The molecule has 0 aromatic heterocycles. The Morgan fingerprint density at radius 1 is 1.47 bits per heavy atom. The quantitative estimate of drug-likeness (QED) is 0.902. The summed E-state index contributed by atoms with van der Waals surface area (Å²) in [6, 6.07) is 4.11. The zero-order chi connectivity index (χ0) is 14.0. The topological polar surface area (TPSA) is 38.7 Å². The second-order valence-electron chi connectivity index (χ2n) is 5.41. The minimum absolute atomic E-state index is 0.536. The number of fused-ring (bicyclic) bond motifs is 1. The van der Waals surface area contributed by atoms with Crippen molar-refractivity contribution in [1.29, 1.82) is 0 Å². The summed E-state index contributed by atoms with van der Waals surface area (Å²) in [7, 11) is 0. The minimum atomic E-state index is -0.560. The minimum Gasteiger partial charge on any atom is -0.493 e. The molecule has 0 radical (unpaired) electrons. The number of aliphatic hydroxyl groups is 1. The van der Waals surface area contributed by atoms with Gasteiger partial charge in [0.05, 0.1) is 18.3 Å². The van der Waals surface area contributed by atoms with E-state index in [2.05, 4.69) is 22.0 Å². The average molecular weight is 329 g/mol. The number of rotatable bonds is 5. The molecule has 0 spiro atoms. The summed E-state index contributed by atoms with van der Waals surface area (Å²) in [5.74, 6) is 0.939. The monoisotopic (exact) mass is 328 g/mol. The van der Waals surface area contributed by atoms with Gasteiger partial charge in [0.15, 0.2) is 0 Å². The molecule has 0 amide bonds. The standard InChI is InChI=1S/C15H21BrO3/c1-4-19-15(2,3)13(17)9-11-8-12(16)7-10-5-6-18-14(10)11/h7-8,13,17H,4-6,9H2,1-3H3. The first-order valence-electron chi connectivity index (χ1n) is 6.70. The molecule has 1 N–H and O–H groups in total. The number of hydrogen-bond acceptors (Lipinski definition) is 3. The van der Waals surface area contributed by atoms with Gasteiger partial charge in [-0.1, -0.05) is 15.9 Å². The molecule has 0 aliphatic carbocycles. The smallest absolute Gasteiger partial charge is 0.125 e. The van der Waals surface area contributed by atoms with Gasteiger partial charge in [-0.05, 0) is 44.0 Å². The SMILES string of the molecule is CCOC(C)(C)C(O)Cc1cc(Br)cc2c1OCC2. The van der Waals surface area contributed by atoms with Crippen LogP contribution in [0.2, 0.25) is 0 Å². The van der Waals surface area contributed by atoms with Gasteiger partial charge < -0.3 is 14.6 Å². The molecule has 1 aliphatic rings. The van der Waals surface area contributed by atoms with Crippen LogP contribution in [0.5, 0.6) is 5.75 Å². The van der Waals surface area contributed by atoms with Crippen LogP contribution in [0.15, 0.2) is 16.6 Å². The molecule has 4 heteroatoms. The molecule has 1 aliphatic heterocycles. The van der Waals surface area contributed by atoms with E-state index in [0.29, 0.717) is 13.0 Å². The Morgan fingerprint density at radius 3 is 2.89 bits per heavy atom. The van der Waals surface area contributed by atoms with Crippen molar-refractivity contribution in [2.24, 2.45) is 0 Å². The zero-order valence-electron chi connectivity index (χ0n) is 11.7. The van der Waals surface area contributed by atoms with Crippen LogP contribution in [-0.4, -0.2) is 30.0 Å². The molecule has 19 heavy (non-hydrogen) atoms. The van der Waals surface area contributed by atoms with Crippen molar-refractivity contribution in [3.05, 3.63) is 27.7 Å². The van der Waals surface area contributed by atoms with Gasteiger partial charge in [0.2, 0.25) is 0 Å². The van der Waals surface area contributed by atoms with Crippen LogP contribution >= 0.6 is 15.9 Å². The molecular weight excluding hydrogens is 308 g/mol. The van der Waals surface area contributed by atoms with Gasteiger partial charge in [-0.2, -0.15) is 0 Å². The first-order chi connectivity index (χ1) is 8.94. The lowest BCUT2D eigenvalue weighted by Gasteiger charge is -2.30. The Hall–Kier alpha value is -0.580. The van der Waals surface area contributed by atoms with E-state index in [1.807, 2.05) is 26.8 Å². The van der Waals surface area contributed by atoms with Crippen molar-refractivity contribution in [2.75, 3.05) is 13.2 Å². The van der Waals surface area contributed by atoms with Crippen molar-refractivity contribution in [3.63, 3.8) is 0 Å². The summed E-state index contributed by atoms with van der Waals surface area (Å²) >= 11 is 3.52. The third-order valence-electron chi connectivity index (χ3n) is 3.56. The highest BCUT2D eigenvalue weighted by Gasteiger charge is 2.30. The lowest BCUT2D eigenvalue weighted by Crippen LogP contribution is -2.40. The molecule has 2 rings (SSSR count). The van der Waals surface area contributed by atoms with E-state index in [1.165, 1.54) is 5.56 Å². The Labute approximate surface area is 123 Å². The molecule has 1 atom stereocenters. The molecule has 0 saturated heterocycles. The van der Waals surface area contributed by atoms with Crippen LogP contribution in [0.4, 0.5) is 0 Å². The van der Waals surface area contributed by atoms with Gasteiger partial charge in [-0.3, -0.25) is 0 Å². The van der Waals surface area contributed by atoms with E-state index in [4.69, 9.17) is 9.47 Å². The number of ether oxygens (including phenoxy) is 2. The fraction of sp³-hybridized carbons (Fsp3) is 0.600. The largest absolute Gasteiger partial charge is 0.493 e. The summed E-state index contributed by atoms with van der Waals surface area (Å²) in [5, 5.41) is 10.4. The Kier molecular flexibility index (Phi) is 4.54.